The van der Waals surface area contributed by atoms with E-state index in [1.807, 2.05) is 14.1 Å². The van der Waals surface area contributed by atoms with Gasteiger partial charge >= 0.3 is 0 Å². The number of hydrogen-bond donors (Lipinski definition) is 2. The first-order chi connectivity index (χ1) is 7.16. The maximum absolute atomic E-state index is 9.29. The Kier molecular flexibility index (Phi) is 10.2. The molecule has 0 saturated carbocycles. The molecule has 1 unspecified atom stereocenters. The Morgan fingerprint density at radius 1 is 1.33 bits per heavy atom. The van der Waals surface area contributed by atoms with Crippen LogP contribution >= 0.6 is 0 Å². The van der Waals surface area contributed by atoms with Crippen molar-refractivity contribution < 1.29 is 14.6 Å². The molecule has 0 amide bonds. The quantitative estimate of drug-likeness (QED) is 0.470. The Morgan fingerprint density at radius 3 is 2.67 bits per heavy atom. The maximum Gasteiger partial charge on any atom is 0.0897 e. The lowest BCUT2D eigenvalue weighted by atomic mass is 10.4. The van der Waals surface area contributed by atoms with Gasteiger partial charge in [0.15, 0.2) is 0 Å². The second-order valence-electron chi connectivity index (χ2n) is 3.73. The molecule has 0 aromatic heterocycles. The van der Waals surface area contributed by atoms with Crippen molar-refractivity contribution in [1.82, 2.24) is 10.2 Å². The fourth-order valence-electron chi connectivity index (χ4n) is 1.01. The Balaban J connectivity index is 3.04. The molecule has 0 saturated heterocycles. The van der Waals surface area contributed by atoms with E-state index in [0.717, 1.165) is 19.7 Å². The van der Waals surface area contributed by atoms with E-state index in [1.54, 1.807) is 7.11 Å². The number of likely N-dealkylation sites (N-methyl/N-ethyl adjacent to an activating group) is 1. The van der Waals surface area contributed by atoms with Gasteiger partial charge in [-0.25, -0.2) is 0 Å². The van der Waals surface area contributed by atoms with Gasteiger partial charge in [-0.15, -0.1) is 0 Å². The predicted octanol–water partition coefficient (Wildman–Crippen LogP) is -0.838. The molecule has 0 aliphatic rings. The lowest BCUT2D eigenvalue weighted by Gasteiger charge is -2.12. The van der Waals surface area contributed by atoms with E-state index in [4.69, 9.17) is 9.47 Å². The molecule has 5 nitrogen and oxygen atoms in total. The third-order valence-corrected chi connectivity index (χ3v) is 1.85. The lowest BCUT2D eigenvalue weighted by molar-refractivity contribution is 0.0616. The summed E-state index contributed by atoms with van der Waals surface area (Å²) >= 11 is 0. The SMILES string of the molecule is COCC(O)CNCCOCCN(C)C. The highest BCUT2D eigenvalue weighted by Crippen LogP contribution is 1.81. The van der Waals surface area contributed by atoms with Crippen LogP contribution in [-0.4, -0.2) is 76.8 Å². The van der Waals surface area contributed by atoms with Crippen molar-refractivity contribution in [2.24, 2.45) is 0 Å². The fourth-order valence-corrected chi connectivity index (χ4v) is 1.01. The van der Waals surface area contributed by atoms with Crippen LogP contribution in [0.5, 0.6) is 0 Å². The van der Waals surface area contributed by atoms with E-state index in [-0.39, 0.29) is 0 Å². The predicted molar refractivity (Wildman–Crippen MR) is 60.1 cm³/mol. The Bertz CT molecular complexity index is 134. The largest absolute Gasteiger partial charge is 0.389 e. The number of nitrogens with one attached hydrogen (secondary N) is 1. The average molecular weight is 220 g/mol. The Morgan fingerprint density at radius 2 is 2.07 bits per heavy atom. The highest BCUT2D eigenvalue weighted by molar-refractivity contribution is 4.57. The van der Waals surface area contributed by atoms with Gasteiger partial charge in [-0.1, -0.05) is 0 Å². The van der Waals surface area contributed by atoms with Gasteiger partial charge in [0, 0.05) is 26.7 Å². The molecule has 0 fully saturated rings. The van der Waals surface area contributed by atoms with Crippen molar-refractivity contribution in [3.8, 4) is 0 Å². The molecule has 5 heteroatoms. The number of nitrogens with zero attached hydrogens (tertiary/aromatic N) is 1. The van der Waals surface area contributed by atoms with Crippen LogP contribution in [0.3, 0.4) is 0 Å². The molecule has 0 spiro atoms. The molecule has 92 valence electrons. The van der Waals surface area contributed by atoms with E-state index in [0.29, 0.717) is 19.8 Å². The van der Waals surface area contributed by atoms with Gasteiger partial charge < -0.3 is 24.8 Å². The van der Waals surface area contributed by atoms with Crippen LogP contribution in [0.2, 0.25) is 0 Å². The van der Waals surface area contributed by atoms with Crippen molar-refractivity contribution in [3.05, 3.63) is 0 Å². The zero-order valence-corrected chi connectivity index (χ0v) is 10.0. The third-order valence-electron chi connectivity index (χ3n) is 1.85. The van der Waals surface area contributed by atoms with Gasteiger partial charge in [-0.3, -0.25) is 0 Å². The molecule has 0 aromatic rings. The molecule has 0 heterocycles. The number of aliphatic hydroxyl groups is 1. The smallest absolute Gasteiger partial charge is 0.0897 e. The fraction of sp³-hybridized carbons (Fsp3) is 1.00. The number of ether oxygens (including phenoxy) is 2. The molecule has 0 bridgehead atoms. The van der Waals surface area contributed by atoms with Crippen molar-refractivity contribution in [1.29, 1.82) is 0 Å². The summed E-state index contributed by atoms with van der Waals surface area (Å²) in [4.78, 5) is 2.08. The van der Waals surface area contributed by atoms with Gasteiger partial charge in [-0.2, -0.15) is 0 Å². The van der Waals surface area contributed by atoms with Crippen LogP contribution in [0.25, 0.3) is 0 Å². The van der Waals surface area contributed by atoms with Crippen molar-refractivity contribution in [2.45, 2.75) is 6.10 Å². The molecule has 0 aromatic carbocycles. The molecule has 15 heavy (non-hydrogen) atoms. The van der Waals surface area contributed by atoms with Crippen LogP contribution in [0, 0.1) is 0 Å². The van der Waals surface area contributed by atoms with Crippen molar-refractivity contribution >= 4 is 0 Å². The summed E-state index contributed by atoms with van der Waals surface area (Å²) in [5.74, 6) is 0. The first-order valence-corrected chi connectivity index (χ1v) is 5.27. The van der Waals surface area contributed by atoms with Crippen LogP contribution in [0.1, 0.15) is 0 Å². The molecule has 0 radical (unpaired) electrons. The van der Waals surface area contributed by atoms with E-state index < -0.39 is 6.10 Å². The molecular formula is C10H24N2O3. The van der Waals surface area contributed by atoms with Crippen molar-refractivity contribution in [3.63, 3.8) is 0 Å². The zero-order chi connectivity index (χ0) is 11.5. The van der Waals surface area contributed by atoms with Crippen LogP contribution in [0.4, 0.5) is 0 Å². The summed E-state index contributed by atoms with van der Waals surface area (Å²) in [6, 6.07) is 0. The Hall–Kier alpha value is -0.200. The molecule has 1 atom stereocenters. The van der Waals surface area contributed by atoms with Crippen LogP contribution in [0.15, 0.2) is 0 Å². The topological polar surface area (TPSA) is 54.0 Å². The molecule has 0 aliphatic carbocycles. The van der Waals surface area contributed by atoms with Crippen LogP contribution in [-0.2, 0) is 9.47 Å². The standard InChI is InChI=1S/C10H24N2O3/c1-12(2)5-7-15-6-4-11-8-10(13)9-14-3/h10-11,13H,4-9H2,1-3H3. The second kappa shape index (κ2) is 10.3. The summed E-state index contributed by atoms with van der Waals surface area (Å²) < 4.78 is 10.2. The summed E-state index contributed by atoms with van der Waals surface area (Å²) in [5, 5.41) is 12.4. The van der Waals surface area contributed by atoms with Gasteiger partial charge in [0.2, 0.25) is 0 Å². The monoisotopic (exact) mass is 220 g/mol. The highest BCUT2D eigenvalue weighted by atomic mass is 16.5. The third kappa shape index (κ3) is 11.7. The minimum atomic E-state index is -0.434. The van der Waals surface area contributed by atoms with Gasteiger partial charge in [0.1, 0.15) is 0 Å². The zero-order valence-electron chi connectivity index (χ0n) is 10.0. The first-order valence-electron chi connectivity index (χ1n) is 5.27. The second-order valence-corrected chi connectivity index (χ2v) is 3.73. The molecule has 2 N–H and O–H groups in total. The summed E-state index contributed by atoms with van der Waals surface area (Å²) in [7, 11) is 5.61. The number of rotatable bonds is 10. The van der Waals surface area contributed by atoms with Crippen molar-refractivity contribution in [2.75, 3.05) is 60.7 Å². The lowest BCUT2D eigenvalue weighted by Crippen LogP contribution is -2.32. The molecule has 0 aliphatic heterocycles. The minimum absolute atomic E-state index is 0.370. The summed E-state index contributed by atoms with van der Waals surface area (Å²) in [6.07, 6.45) is -0.434. The summed E-state index contributed by atoms with van der Waals surface area (Å²) in [5.41, 5.74) is 0. The first kappa shape index (κ1) is 14.8. The number of hydrogen-bond acceptors (Lipinski definition) is 5. The Labute approximate surface area is 92.4 Å². The average Bonchev–Trinajstić information content (AvgIpc) is 2.16. The van der Waals surface area contributed by atoms with Gasteiger partial charge in [0.05, 0.1) is 25.9 Å². The summed E-state index contributed by atoms with van der Waals surface area (Å²) in [6.45, 7) is 4.03. The van der Waals surface area contributed by atoms with Gasteiger partial charge in [-0.05, 0) is 14.1 Å². The number of methoxy groups -OCH3 is 1. The van der Waals surface area contributed by atoms with E-state index in [2.05, 4.69) is 10.2 Å². The highest BCUT2D eigenvalue weighted by Gasteiger charge is 2.01. The minimum Gasteiger partial charge on any atom is -0.389 e. The van der Waals surface area contributed by atoms with Gasteiger partial charge in [0.25, 0.3) is 0 Å². The normalized spacial score (nSPS) is 13.4. The number of aliphatic hydroxyl groups excluding tert-OH is 1. The van der Waals surface area contributed by atoms with E-state index in [9.17, 15) is 5.11 Å². The maximum atomic E-state index is 9.29. The molecular weight excluding hydrogens is 196 g/mol. The molecule has 0 rings (SSSR count). The van der Waals surface area contributed by atoms with E-state index in [1.165, 1.54) is 0 Å². The van der Waals surface area contributed by atoms with Crippen LogP contribution < -0.4 is 5.32 Å². The van der Waals surface area contributed by atoms with E-state index >= 15 is 0 Å².